The van der Waals surface area contributed by atoms with Gasteiger partial charge in [-0.1, -0.05) is 356 Å². The Kier molecular flexibility index (Phi) is 68.4. The van der Waals surface area contributed by atoms with E-state index in [4.69, 9.17) is 37.0 Å². The zero-order chi connectivity index (χ0) is 71.4. The zero-order valence-electron chi connectivity index (χ0n) is 63.4. The van der Waals surface area contributed by atoms with Crippen LogP contribution < -0.4 is 0 Å². The molecule has 0 spiro atoms. The lowest BCUT2D eigenvalue weighted by atomic mass is 10.0. The van der Waals surface area contributed by atoms with Gasteiger partial charge in [0, 0.05) is 25.7 Å². The van der Waals surface area contributed by atoms with Gasteiger partial charge in [-0.3, -0.25) is 37.3 Å². The van der Waals surface area contributed by atoms with Crippen molar-refractivity contribution in [2.24, 2.45) is 11.8 Å². The smallest absolute Gasteiger partial charge is 0.462 e. The number of ether oxygens (including phenoxy) is 4. The van der Waals surface area contributed by atoms with Crippen LogP contribution in [0.15, 0.2) is 0 Å². The lowest BCUT2D eigenvalue weighted by Gasteiger charge is -2.21. The Hall–Kier alpha value is -1.94. The summed E-state index contributed by atoms with van der Waals surface area (Å²) in [7, 11) is -9.91. The molecule has 3 N–H and O–H groups in total. The first-order valence-corrected chi connectivity index (χ1v) is 43.5. The van der Waals surface area contributed by atoms with E-state index < -0.39 is 97.5 Å². The molecule has 2 unspecified atom stereocenters. The predicted octanol–water partition coefficient (Wildman–Crippen LogP) is 23.1. The summed E-state index contributed by atoms with van der Waals surface area (Å²) in [5.74, 6) is -0.609. The molecule has 0 saturated carbocycles. The molecule has 0 aromatic carbocycles. The molecule has 5 atom stereocenters. The van der Waals surface area contributed by atoms with Crippen LogP contribution in [0, 0.1) is 11.8 Å². The highest BCUT2D eigenvalue weighted by molar-refractivity contribution is 7.47. The molecule has 576 valence electrons. The summed E-state index contributed by atoms with van der Waals surface area (Å²) in [6, 6.07) is 0. The molecule has 0 aliphatic carbocycles. The number of phosphoric acid groups is 2. The molecule has 0 radical (unpaired) electrons. The second-order valence-corrected chi connectivity index (χ2v) is 32.0. The maximum atomic E-state index is 13.1. The Morgan fingerprint density at radius 2 is 0.474 bits per heavy atom. The van der Waals surface area contributed by atoms with E-state index in [1.54, 1.807) is 0 Å². The van der Waals surface area contributed by atoms with Gasteiger partial charge in [0.2, 0.25) is 0 Å². The van der Waals surface area contributed by atoms with E-state index in [0.717, 1.165) is 102 Å². The summed E-state index contributed by atoms with van der Waals surface area (Å²) in [5, 5.41) is 10.6. The van der Waals surface area contributed by atoms with E-state index in [1.165, 1.54) is 225 Å². The SMILES string of the molecule is CCCCCCCCCCCCCCCCCCCCCC(=O)O[C@H](COC(=O)CCCCCCCCCCCCC(C)C)COP(=O)(O)OC[C@@H](O)COP(=O)(O)OC[C@@H](COC(=O)CCCCCCCCCCCC(C)C)OC(=O)CCCCCCCCCCCCCCC. The van der Waals surface area contributed by atoms with Gasteiger partial charge in [-0.2, -0.15) is 0 Å². The molecule has 0 aliphatic rings. The minimum atomic E-state index is -4.96. The van der Waals surface area contributed by atoms with Crippen LogP contribution in [0.5, 0.6) is 0 Å². The summed E-state index contributed by atoms with van der Waals surface area (Å²) >= 11 is 0. The Morgan fingerprint density at radius 1 is 0.278 bits per heavy atom. The van der Waals surface area contributed by atoms with Gasteiger partial charge >= 0.3 is 39.5 Å². The van der Waals surface area contributed by atoms with E-state index in [1.807, 2.05) is 0 Å². The minimum Gasteiger partial charge on any atom is -0.462 e. The number of phosphoric ester groups is 2. The number of unbranched alkanes of at least 4 members (excludes halogenated alkanes) is 47. The normalized spacial score (nSPS) is 14.0. The van der Waals surface area contributed by atoms with Crippen molar-refractivity contribution >= 4 is 39.5 Å². The van der Waals surface area contributed by atoms with Crippen LogP contribution in [-0.2, 0) is 65.4 Å². The maximum absolute atomic E-state index is 13.1. The Bertz CT molecular complexity index is 1870. The Labute approximate surface area is 594 Å². The number of rotatable bonds is 77. The predicted molar refractivity (Wildman–Crippen MR) is 395 cm³/mol. The maximum Gasteiger partial charge on any atom is 0.472 e. The van der Waals surface area contributed by atoms with Crippen LogP contribution in [0.4, 0.5) is 0 Å². The highest BCUT2D eigenvalue weighted by Gasteiger charge is 2.30. The summed E-state index contributed by atoms with van der Waals surface area (Å²) in [5.41, 5.74) is 0. The van der Waals surface area contributed by atoms with Crippen molar-refractivity contribution in [2.75, 3.05) is 39.6 Å². The number of carbonyl (C=O) groups is 4. The van der Waals surface area contributed by atoms with Crippen LogP contribution in [0.2, 0.25) is 0 Å². The molecule has 17 nitrogen and oxygen atoms in total. The van der Waals surface area contributed by atoms with Gasteiger partial charge in [0.25, 0.3) is 0 Å². The lowest BCUT2D eigenvalue weighted by Crippen LogP contribution is -2.30. The quantitative estimate of drug-likeness (QED) is 0.0222. The third-order valence-corrected chi connectivity index (χ3v) is 20.1. The average Bonchev–Trinajstić information content (AvgIpc) is 1.37. The highest BCUT2D eigenvalue weighted by Crippen LogP contribution is 2.45. The first-order valence-electron chi connectivity index (χ1n) is 40.5. The molecule has 0 aromatic rings. The second kappa shape index (κ2) is 69.8. The molecule has 0 aromatic heterocycles. The van der Waals surface area contributed by atoms with Crippen LogP contribution in [0.1, 0.15) is 408 Å². The van der Waals surface area contributed by atoms with Crippen LogP contribution in [0.25, 0.3) is 0 Å². The van der Waals surface area contributed by atoms with Gasteiger partial charge in [0.1, 0.15) is 19.3 Å². The van der Waals surface area contributed by atoms with Crippen molar-refractivity contribution in [1.82, 2.24) is 0 Å². The van der Waals surface area contributed by atoms with Gasteiger partial charge in [-0.05, 0) is 37.5 Å². The van der Waals surface area contributed by atoms with Crippen LogP contribution in [-0.4, -0.2) is 96.7 Å². The molecular weight excluding hydrogens is 1270 g/mol. The van der Waals surface area contributed by atoms with Crippen molar-refractivity contribution in [2.45, 2.75) is 426 Å². The number of esters is 4. The van der Waals surface area contributed by atoms with E-state index in [9.17, 15) is 43.2 Å². The van der Waals surface area contributed by atoms with Crippen molar-refractivity contribution in [1.29, 1.82) is 0 Å². The lowest BCUT2D eigenvalue weighted by molar-refractivity contribution is -0.161. The van der Waals surface area contributed by atoms with Crippen molar-refractivity contribution in [3.63, 3.8) is 0 Å². The fraction of sp³-hybridized carbons (Fsp3) is 0.949. The fourth-order valence-electron chi connectivity index (χ4n) is 12.0. The molecule has 0 rings (SSSR count). The number of aliphatic hydroxyl groups is 1. The molecule has 0 bridgehead atoms. The number of hydrogen-bond donors (Lipinski definition) is 3. The highest BCUT2D eigenvalue weighted by atomic mass is 31.2. The van der Waals surface area contributed by atoms with Gasteiger partial charge in [-0.15, -0.1) is 0 Å². The van der Waals surface area contributed by atoms with Gasteiger partial charge in [-0.25, -0.2) is 9.13 Å². The first kappa shape index (κ1) is 95.1. The van der Waals surface area contributed by atoms with Crippen LogP contribution >= 0.6 is 15.6 Å². The molecule has 0 fully saturated rings. The third-order valence-electron chi connectivity index (χ3n) is 18.2. The third kappa shape index (κ3) is 72.2. The average molecular weight is 1420 g/mol. The number of carbonyl (C=O) groups excluding carboxylic acids is 4. The monoisotopic (exact) mass is 1420 g/mol. The molecule has 0 aliphatic heterocycles. The van der Waals surface area contributed by atoms with Crippen molar-refractivity contribution in [3.05, 3.63) is 0 Å². The van der Waals surface area contributed by atoms with E-state index >= 15 is 0 Å². The number of aliphatic hydroxyl groups excluding tert-OH is 1. The standard InChI is InChI=1S/C78H152O17P2/c1-7-9-11-13-15-17-19-21-22-23-24-25-26-28-30-38-45-51-57-63-78(83)94-73(66-88-75(80)60-54-48-42-36-32-31-34-40-46-52-58-70(3)4)68-92-96(84,85)90-64-72(79)65-91-97(86,87)93-69-74(67-89-76(81)61-55-49-43-39-33-35-41-47-53-59-71(5)6)95-77(82)62-56-50-44-37-29-27-20-18-16-14-12-10-8-2/h70-74,79H,7-69H2,1-6H3,(H,84,85)(H,86,87)/t72-,73-,74-/m1/s1. The van der Waals surface area contributed by atoms with E-state index in [0.29, 0.717) is 25.7 Å². The second-order valence-electron chi connectivity index (χ2n) is 29.1. The van der Waals surface area contributed by atoms with Crippen molar-refractivity contribution in [3.8, 4) is 0 Å². The van der Waals surface area contributed by atoms with Crippen LogP contribution in [0.3, 0.4) is 0 Å². The van der Waals surface area contributed by atoms with E-state index in [2.05, 4.69) is 41.5 Å². The topological polar surface area (TPSA) is 237 Å². The summed E-state index contributed by atoms with van der Waals surface area (Å²) in [4.78, 5) is 72.9. The van der Waals surface area contributed by atoms with E-state index in [-0.39, 0.29) is 25.7 Å². The minimum absolute atomic E-state index is 0.107. The molecule has 0 saturated heterocycles. The largest absolute Gasteiger partial charge is 0.472 e. The summed E-state index contributed by atoms with van der Waals surface area (Å²) < 4.78 is 68.6. The van der Waals surface area contributed by atoms with Gasteiger partial charge < -0.3 is 33.8 Å². The van der Waals surface area contributed by atoms with Crippen molar-refractivity contribution < 1.29 is 80.2 Å². The fourth-order valence-corrected chi connectivity index (χ4v) is 13.6. The van der Waals surface area contributed by atoms with Gasteiger partial charge in [0.15, 0.2) is 12.2 Å². The molecule has 0 amide bonds. The summed E-state index contributed by atoms with van der Waals surface area (Å²) in [6.07, 6.45) is 58.2. The van der Waals surface area contributed by atoms with Gasteiger partial charge in [0.05, 0.1) is 26.4 Å². The number of hydrogen-bond acceptors (Lipinski definition) is 15. The molecular formula is C78H152O17P2. The molecule has 19 heteroatoms. The Balaban J connectivity index is 5.24. The molecule has 97 heavy (non-hydrogen) atoms. The molecule has 0 heterocycles. The zero-order valence-corrected chi connectivity index (χ0v) is 65.2. The summed E-state index contributed by atoms with van der Waals surface area (Å²) in [6.45, 7) is 9.59. The first-order chi connectivity index (χ1) is 46.9. The Morgan fingerprint density at radius 3 is 0.701 bits per heavy atom.